The lowest BCUT2D eigenvalue weighted by atomic mass is 10.2. The molecule has 1 heterocycles. The van der Waals surface area contributed by atoms with Crippen LogP contribution in [0.15, 0.2) is 12.4 Å². The summed E-state index contributed by atoms with van der Waals surface area (Å²) >= 11 is 3.23. The minimum atomic E-state index is 0.0797. The Morgan fingerprint density at radius 2 is 1.86 bits per heavy atom. The van der Waals surface area contributed by atoms with Crippen LogP contribution in [0.25, 0.3) is 0 Å². The quantitative estimate of drug-likeness (QED) is 0.619. The molecule has 1 rings (SSSR count). The van der Waals surface area contributed by atoms with Crippen LogP contribution >= 0.6 is 15.9 Å². The van der Waals surface area contributed by atoms with Gasteiger partial charge in [0.1, 0.15) is 5.82 Å². The summed E-state index contributed by atoms with van der Waals surface area (Å²) in [4.78, 5) is 19.1. The Labute approximate surface area is 93.1 Å². The first kappa shape index (κ1) is 13.2. The molecule has 1 aromatic heterocycles. The van der Waals surface area contributed by atoms with Crippen LogP contribution in [0.5, 0.6) is 0 Å². The van der Waals surface area contributed by atoms with Gasteiger partial charge in [0.05, 0.1) is 10.9 Å². The van der Waals surface area contributed by atoms with Gasteiger partial charge in [0.25, 0.3) is 0 Å². The summed E-state index contributed by atoms with van der Waals surface area (Å²) in [5.41, 5.74) is 0.585. The molecular weight excluding hydrogens is 244 g/mol. The molecule has 0 spiro atoms. The molecule has 0 saturated carbocycles. The summed E-state index contributed by atoms with van der Waals surface area (Å²) < 4.78 is 0. The second-order valence-electron chi connectivity index (χ2n) is 2.30. The third kappa shape index (κ3) is 3.96. The normalized spacial score (nSPS) is 8.86. The maximum atomic E-state index is 11.1. The number of carbonyl (C=O) groups is 1. The van der Waals surface area contributed by atoms with Gasteiger partial charge in [-0.3, -0.25) is 4.79 Å². The smallest absolute Gasteiger partial charge is 0.165 e. The highest BCUT2D eigenvalue weighted by molar-refractivity contribution is 9.08. The molecule has 0 radical (unpaired) electrons. The molecule has 0 saturated heterocycles. The van der Waals surface area contributed by atoms with Crippen LogP contribution in [0.1, 0.15) is 43.4 Å². The van der Waals surface area contributed by atoms with E-state index in [0.29, 0.717) is 23.1 Å². The summed E-state index contributed by atoms with van der Waals surface area (Å²) in [6.45, 7) is 5.82. The van der Waals surface area contributed by atoms with Gasteiger partial charge < -0.3 is 0 Å². The van der Waals surface area contributed by atoms with E-state index in [2.05, 4.69) is 25.9 Å². The molecule has 3 nitrogen and oxygen atoms in total. The topological polar surface area (TPSA) is 42.9 Å². The Morgan fingerprint density at radius 1 is 1.36 bits per heavy atom. The summed E-state index contributed by atoms with van der Waals surface area (Å²) in [6.07, 6.45) is 3.63. The van der Waals surface area contributed by atoms with Crippen molar-refractivity contribution in [2.24, 2.45) is 0 Å². The molecule has 0 N–H and O–H groups in total. The van der Waals surface area contributed by atoms with Crippen LogP contribution in [-0.2, 0) is 5.33 Å². The molecule has 0 aliphatic carbocycles. The van der Waals surface area contributed by atoms with Crippen molar-refractivity contribution in [3.05, 3.63) is 23.8 Å². The van der Waals surface area contributed by atoms with Crippen molar-refractivity contribution in [3.8, 4) is 0 Å². The largest absolute Gasteiger partial charge is 0.294 e. The summed E-state index contributed by atoms with van der Waals surface area (Å²) in [7, 11) is 0. The highest BCUT2D eigenvalue weighted by Crippen LogP contribution is 2.02. The Morgan fingerprint density at radius 3 is 2.21 bits per heavy atom. The Balaban J connectivity index is 0.000000791. The number of halogens is 1. The zero-order chi connectivity index (χ0) is 11.0. The third-order valence-electron chi connectivity index (χ3n) is 1.47. The Bertz CT molecular complexity index is 272. The van der Waals surface area contributed by atoms with Crippen LogP contribution in [0.3, 0.4) is 0 Å². The van der Waals surface area contributed by atoms with E-state index in [1.807, 2.05) is 20.8 Å². The molecule has 0 bridgehead atoms. The van der Waals surface area contributed by atoms with Crippen molar-refractivity contribution < 1.29 is 4.79 Å². The first-order valence-corrected chi connectivity index (χ1v) is 5.80. The van der Waals surface area contributed by atoms with Crippen molar-refractivity contribution in [1.29, 1.82) is 0 Å². The van der Waals surface area contributed by atoms with Gasteiger partial charge in [-0.1, -0.05) is 36.7 Å². The highest BCUT2D eigenvalue weighted by atomic mass is 79.9. The van der Waals surface area contributed by atoms with Gasteiger partial charge in [0, 0.05) is 18.8 Å². The molecular formula is C10H15BrN2O. The van der Waals surface area contributed by atoms with Gasteiger partial charge in [-0.25, -0.2) is 9.97 Å². The van der Waals surface area contributed by atoms with Crippen LogP contribution < -0.4 is 0 Å². The molecule has 78 valence electrons. The standard InChI is InChI=1S/C8H9BrN2O.C2H6/c1-2-7(12)6-4-10-8(3-9)11-5-6;1-2/h4-5H,2-3H2,1H3;1-2H3. The van der Waals surface area contributed by atoms with Crippen LogP contribution in [0.4, 0.5) is 0 Å². The lowest BCUT2D eigenvalue weighted by molar-refractivity contribution is 0.0987. The number of nitrogens with zero attached hydrogens (tertiary/aromatic N) is 2. The molecule has 4 heteroatoms. The summed E-state index contributed by atoms with van der Waals surface area (Å²) in [5.74, 6) is 0.777. The molecule has 14 heavy (non-hydrogen) atoms. The third-order valence-corrected chi connectivity index (χ3v) is 1.97. The molecule has 1 aromatic rings. The van der Waals surface area contributed by atoms with E-state index >= 15 is 0 Å². The van der Waals surface area contributed by atoms with Gasteiger partial charge in [-0.2, -0.15) is 0 Å². The number of aromatic nitrogens is 2. The fraction of sp³-hybridized carbons (Fsp3) is 0.500. The maximum absolute atomic E-state index is 11.1. The minimum absolute atomic E-state index is 0.0797. The number of Topliss-reactive ketones (excluding diaryl/α,β-unsaturated/α-hetero) is 1. The number of alkyl halides is 1. The van der Waals surface area contributed by atoms with E-state index in [0.717, 1.165) is 0 Å². The minimum Gasteiger partial charge on any atom is -0.294 e. The Kier molecular flexibility index (Phi) is 7.20. The first-order chi connectivity index (χ1) is 6.77. The molecule has 0 aromatic carbocycles. The van der Waals surface area contributed by atoms with E-state index in [1.54, 1.807) is 12.4 Å². The number of ketones is 1. The second-order valence-corrected chi connectivity index (χ2v) is 2.86. The van der Waals surface area contributed by atoms with Gasteiger partial charge in [0.2, 0.25) is 0 Å². The summed E-state index contributed by atoms with van der Waals surface area (Å²) in [6, 6.07) is 0. The van der Waals surface area contributed by atoms with Crippen molar-refractivity contribution in [3.63, 3.8) is 0 Å². The van der Waals surface area contributed by atoms with Crippen LogP contribution in [0.2, 0.25) is 0 Å². The van der Waals surface area contributed by atoms with Gasteiger partial charge >= 0.3 is 0 Å². The van der Waals surface area contributed by atoms with E-state index in [-0.39, 0.29) is 5.78 Å². The zero-order valence-corrected chi connectivity index (χ0v) is 10.3. The number of hydrogen-bond acceptors (Lipinski definition) is 3. The van der Waals surface area contributed by atoms with Gasteiger partial charge in [-0.05, 0) is 0 Å². The van der Waals surface area contributed by atoms with Crippen molar-refractivity contribution in [2.45, 2.75) is 32.5 Å². The first-order valence-electron chi connectivity index (χ1n) is 4.68. The fourth-order valence-electron chi connectivity index (χ4n) is 0.772. The lowest BCUT2D eigenvalue weighted by Crippen LogP contribution is -2.00. The van der Waals surface area contributed by atoms with Crippen molar-refractivity contribution in [2.75, 3.05) is 0 Å². The van der Waals surface area contributed by atoms with E-state index in [9.17, 15) is 4.79 Å². The van der Waals surface area contributed by atoms with Gasteiger partial charge in [-0.15, -0.1) is 0 Å². The van der Waals surface area contributed by atoms with Crippen LogP contribution in [0, 0.1) is 0 Å². The molecule has 0 unspecified atom stereocenters. The fourth-order valence-corrected chi connectivity index (χ4v) is 1.06. The SMILES string of the molecule is CC.CCC(=O)c1cnc(CBr)nc1. The molecule has 0 amide bonds. The molecule has 0 atom stereocenters. The predicted molar refractivity (Wildman–Crippen MR) is 60.6 cm³/mol. The number of rotatable bonds is 3. The average molecular weight is 259 g/mol. The lowest BCUT2D eigenvalue weighted by Gasteiger charge is -1.96. The Hall–Kier alpha value is -0.770. The van der Waals surface area contributed by atoms with E-state index < -0.39 is 0 Å². The second kappa shape index (κ2) is 7.62. The number of hydrogen-bond donors (Lipinski definition) is 0. The molecule has 0 aliphatic rings. The van der Waals surface area contributed by atoms with E-state index in [1.165, 1.54) is 0 Å². The maximum Gasteiger partial charge on any atom is 0.165 e. The monoisotopic (exact) mass is 258 g/mol. The zero-order valence-electron chi connectivity index (χ0n) is 8.75. The number of carbonyl (C=O) groups excluding carboxylic acids is 1. The molecule has 0 aliphatic heterocycles. The predicted octanol–water partition coefficient (Wildman–Crippen LogP) is 2.99. The highest BCUT2D eigenvalue weighted by Gasteiger charge is 2.03. The van der Waals surface area contributed by atoms with Crippen molar-refractivity contribution >= 4 is 21.7 Å². The molecule has 0 fully saturated rings. The summed E-state index contributed by atoms with van der Waals surface area (Å²) in [5, 5.41) is 0.619. The van der Waals surface area contributed by atoms with E-state index in [4.69, 9.17) is 0 Å². The van der Waals surface area contributed by atoms with Crippen LogP contribution in [-0.4, -0.2) is 15.8 Å². The average Bonchev–Trinajstić information content (AvgIpc) is 2.31. The van der Waals surface area contributed by atoms with Crippen molar-refractivity contribution in [1.82, 2.24) is 9.97 Å². The van der Waals surface area contributed by atoms with Gasteiger partial charge in [0.15, 0.2) is 5.78 Å².